The first-order valence-corrected chi connectivity index (χ1v) is 14.0. The summed E-state index contributed by atoms with van der Waals surface area (Å²) in [6, 6.07) is 15.1. The Labute approximate surface area is 219 Å². The summed E-state index contributed by atoms with van der Waals surface area (Å²) in [6.45, 7) is 4.89. The summed E-state index contributed by atoms with van der Waals surface area (Å²) in [7, 11) is 0. The zero-order valence-corrected chi connectivity index (χ0v) is 21.9. The van der Waals surface area contributed by atoms with Crippen molar-refractivity contribution in [1.29, 1.82) is 0 Å². The summed E-state index contributed by atoms with van der Waals surface area (Å²) in [5, 5.41) is 8.01. The maximum Gasteiger partial charge on any atom is 0.261 e. The van der Waals surface area contributed by atoms with Gasteiger partial charge in [0.15, 0.2) is 0 Å². The molecule has 2 aliphatic rings. The van der Waals surface area contributed by atoms with Gasteiger partial charge in [0.05, 0.1) is 10.9 Å². The number of amides is 3. The number of carbonyl (C=O) groups is 3. The normalized spacial score (nSPS) is 19.0. The van der Waals surface area contributed by atoms with Crippen LogP contribution in [0.3, 0.4) is 0 Å². The fourth-order valence-electron chi connectivity index (χ4n) is 4.77. The molecule has 3 aromatic rings. The molecular weight excluding hydrogens is 492 g/mol. The van der Waals surface area contributed by atoms with Gasteiger partial charge in [-0.1, -0.05) is 6.07 Å². The topological polar surface area (TPSA) is 81.8 Å². The second-order valence-corrected chi connectivity index (χ2v) is 11.4. The number of hydrogen-bond donors (Lipinski definition) is 2. The minimum Gasteiger partial charge on any atom is -0.351 e. The molecule has 4 heterocycles. The van der Waals surface area contributed by atoms with Gasteiger partial charge < -0.3 is 15.5 Å². The summed E-state index contributed by atoms with van der Waals surface area (Å²) in [4.78, 5) is 44.8. The van der Waals surface area contributed by atoms with E-state index in [2.05, 4.69) is 15.5 Å². The van der Waals surface area contributed by atoms with Crippen LogP contribution in [0.25, 0.3) is 9.75 Å². The van der Waals surface area contributed by atoms with Crippen LogP contribution in [0.4, 0.5) is 11.4 Å². The number of rotatable bonds is 8. The van der Waals surface area contributed by atoms with E-state index in [0.29, 0.717) is 24.4 Å². The third kappa shape index (κ3) is 5.53. The summed E-state index contributed by atoms with van der Waals surface area (Å²) in [6.07, 6.45) is 2.69. The molecule has 5 rings (SSSR count). The molecule has 7 nitrogen and oxygen atoms in total. The number of nitrogens with one attached hydrogen (secondary N) is 2. The number of thiophene rings is 2. The third-order valence-corrected chi connectivity index (χ3v) is 9.01. The molecule has 188 valence electrons. The van der Waals surface area contributed by atoms with Crippen molar-refractivity contribution in [3.8, 4) is 9.75 Å². The van der Waals surface area contributed by atoms with E-state index in [4.69, 9.17) is 0 Å². The molecule has 0 spiro atoms. The monoisotopic (exact) mass is 522 g/mol. The Balaban J connectivity index is 1.12. The van der Waals surface area contributed by atoms with Gasteiger partial charge in [0.1, 0.15) is 0 Å². The average molecular weight is 523 g/mol. The zero-order valence-electron chi connectivity index (χ0n) is 20.2. The molecule has 9 heteroatoms. The van der Waals surface area contributed by atoms with Crippen molar-refractivity contribution in [1.82, 2.24) is 10.2 Å². The van der Waals surface area contributed by atoms with Crippen LogP contribution in [0, 0.1) is 5.92 Å². The maximum atomic E-state index is 12.7. The van der Waals surface area contributed by atoms with Crippen molar-refractivity contribution in [3.05, 3.63) is 58.8 Å². The number of hydrogen-bond acceptors (Lipinski definition) is 6. The van der Waals surface area contributed by atoms with Crippen molar-refractivity contribution in [2.24, 2.45) is 5.92 Å². The number of likely N-dealkylation sites (tertiary alicyclic amines) is 1. The van der Waals surface area contributed by atoms with E-state index in [9.17, 15) is 14.4 Å². The van der Waals surface area contributed by atoms with Crippen LogP contribution in [-0.2, 0) is 9.59 Å². The van der Waals surface area contributed by atoms with E-state index in [1.165, 1.54) is 11.3 Å². The lowest BCUT2D eigenvalue weighted by atomic mass is 10.1. The van der Waals surface area contributed by atoms with E-state index in [1.54, 1.807) is 16.2 Å². The molecule has 2 fully saturated rings. The minimum absolute atomic E-state index is 0.00838. The van der Waals surface area contributed by atoms with Crippen LogP contribution in [0.1, 0.15) is 35.9 Å². The van der Waals surface area contributed by atoms with Crippen LogP contribution < -0.4 is 15.5 Å². The lowest BCUT2D eigenvalue weighted by Gasteiger charge is -2.23. The van der Waals surface area contributed by atoms with E-state index in [-0.39, 0.29) is 29.7 Å². The van der Waals surface area contributed by atoms with Crippen molar-refractivity contribution in [2.75, 3.05) is 36.4 Å². The third-order valence-electron chi connectivity index (χ3n) is 6.86. The first-order valence-electron chi connectivity index (χ1n) is 12.3. The Morgan fingerprint density at radius 1 is 1.06 bits per heavy atom. The molecule has 0 saturated carbocycles. The lowest BCUT2D eigenvalue weighted by Crippen LogP contribution is -2.40. The van der Waals surface area contributed by atoms with Gasteiger partial charge in [-0.3, -0.25) is 19.3 Å². The van der Waals surface area contributed by atoms with Crippen LogP contribution >= 0.6 is 22.7 Å². The molecule has 36 heavy (non-hydrogen) atoms. The predicted octanol–water partition coefficient (Wildman–Crippen LogP) is 4.68. The van der Waals surface area contributed by atoms with Crippen LogP contribution in [0.5, 0.6) is 0 Å². The fraction of sp³-hybridized carbons (Fsp3) is 0.370. The van der Waals surface area contributed by atoms with Gasteiger partial charge in [-0.05, 0) is 80.7 Å². The number of anilines is 2. The number of benzene rings is 1. The fourth-order valence-corrected chi connectivity index (χ4v) is 6.53. The zero-order chi connectivity index (χ0) is 25.1. The molecule has 2 atom stereocenters. The quantitative estimate of drug-likeness (QED) is 0.450. The second-order valence-electron chi connectivity index (χ2n) is 9.38. The first kappa shape index (κ1) is 24.7. The van der Waals surface area contributed by atoms with Crippen LogP contribution in [0.2, 0.25) is 0 Å². The molecule has 2 N–H and O–H groups in total. The Morgan fingerprint density at radius 2 is 1.83 bits per heavy atom. The van der Waals surface area contributed by atoms with Crippen molar-refractivity contribution in [2.45, 2.75) is 32.2 Å². The summed E-state index contributed by atoms with van der Waals surface area (Å²) < 4.78 is 0. The first-order chi connectivity index (χ1) is 17.5. The number of nitrogens with zero attached hydrogens (tertiary/aromatic N) is 2. The molecule has 3 amide bonds. The van der Waals surface area contributed by atoms with Crippen LogP contribution in [-0.4, -0.2) is 54.8 Å². The van der Waals surface area contributed by atoms with E-state index >= 15 is 0 Å². The highest BCUT2D eigenvalue weighted by Gasteiger charge is 2.31. The Kier molecular flexibility index (Phi) is 7.50. The van der Waals surface area contributed by atoms with E-state index in [1.807, 2.05) is 60.8 Å². The molecule has 2 saturated heterocycles. The predicted molar refractivity (Wildman–Crippen MR) is 146 cm³/mol. The maximum absolute atomic E-state index is 12.7. The molecule has 1 aromatic carbocycles. The summed E-state index contributed by atoms with van der Waals surface area (Å²) in [5.74, 6) is -0.00780. The van der Waals surface area contributed by atoms with Gasteiger partial charge in [0.25, 0.3) is 5.91 Å². The summed E-state index contributed by atoms with van der Waals surface area (Å²) in [5.41, 5.74) is 1.53. The van der Waals surface area contributed by atoms with Crippen molar-refractivity contribution in [3.63, 3.8) is 0 Å². The smallest absolute Gasteiger partial charge is 0.261 e. The highest BCUT2D eigenvalue weighted by Crippen LogP contribution is 2.31. The highest BCUT2D eigenvalue weighted by atomic mass is 32.1. The number of carbonyl (C=O) groups excluding carboxylic acids is 3. The lowest BCUT2D eigenvalue weighted by molar-refractivity contribution is -0.120. The molecule has 2 unspecified atom stereocenters. The van der Waals surface area contributed by atoms with Gasteiger partial charge in [0, 0.05) is 46.6 Å². The van der Waals surface area contributed by atoms with Gasteiger partial charge in [-0.25, -0.2) is 0 Å². The van der Waals surface area contributed by atoms with Gasteiger partial charge >= 0.3 is 0 Å². The SMILES string of the molecule is CC(C(=O)Nc1ccc(N2CC(CNC(=O)c3ccc(-c4cccs4)s3)CC2=O)cc1)N1CCCC1. The van der Waals surface area contributed by atoms with Gasteiger partial charge in [0.2, 0.25) is 11.8 Å². The highest BCUT2D eigenvalue weighted by molar-refractivity contribution is 7.22. The Hall–Kier alpha value is -3.01. The van der Waals surface area contributed by atoms with Gasteiger partial charge in [-0.15, -0.1) is 22.7 Å². The van der Waals surface area contributed by atoms with Crippen molar-refractivity contribution >= 4 is 51.8 Å². The molecule has 0 aliphatic carbocycles. The largest absolute Gasteiger partial charge is 0.351 e. The minimum atomic E-state index is -0.153. The second kappa shape index (κ2) is 10.9. The Morgan fingerprint density at radius 3 is 2.56 bits per heavy atom. The van der Waals surface area contributed by atoms with Crippen LogP contribution in [0.15, 0.2) is 53.9 Å². The molecule has 0 radical (unpaired) electrons. The standard InChI is InChI=1S/C27H30N4O3S2/c1-18(30-12-2-3-13-30)26(33)29-20-6-8-21(9-7-20)31-17-19(15-25(31)32)16-28-27(34)24-11-10-23(36-24)22-5-4-14-35-22/h4-11,14,18-19H,2-3,12-13,15-17H2,1H3,(H,28,34)(H,29,33). The van der Waals surface area contributed by atoms with E-state index in [0.717, 1.165) is 47.1 Å². The van der Waals surface area contributed by atoms with Crippen molar-refractivity contribution < 1.29 is 14.4 Å². The molecule has 2 aromatic heterocycles. The van der Waals surface area contributed by atoms with Gasteiger partial charge in [-0.2, -0.15) is 0 Å². The molecule has 0 bridgehead atoms. The van der Waals surface area contributed by atoms with E-state index < -0.39 is 0 Å². The molecule has 2 aliphatic heterocycles. The summed E-state index contributed by atoms with van der Waals surface area (Å²) >= 11 is 3.14. The molecular formula is C27H30N4O3S2. The Bertz CT molecular complexity index is 1220. The average Bonchev–Trinajstić information content (AvgIpc) is 3.69.